The van der Waals surface area contributed by atoms with Crippen LogP contribution in [0.2, 0.25) is 0 Å². The van der Waals surface area contributed by atoms with E-state index in [0.717, 1.165) is 23.6 Å². The summed E-state index contributed by atoms with van der Waals surface area (Å²) < 4.78 is 38.7. The van der Waals surface area contributed by atoms with E-state index < -0.39 is 11.7 Å². The van der Waals surface area contributed by atoms with Gasteiger partial charge in [0, 0.05) is 44.7 Å². The van der Waals surface area contributed by atoms with Crippen LogP contribution in [0.25, 0.3) is 0 Å². The molecule has 2 aromatic rings. The van der Waals surface area contributed by atoms with Gasteiger partial charge >= 0.3 is 6.18 Å². The first kappa shape index (κ1) is 22.0. The van der Waals surface area contributed by atoms with Crippen molar-refractivity contribution in [2.24, 2.45) is 0 Å². The Morgan fingerprint density at radius 3 is 2.50 bits per heavy atom. The second kappa shape index (κ2) is 9.41. The summed E-state index contributed by atoms with van der Waals surface area (Å²) in [6.45, 7) is 3.60. The monoisotopic (exact) mass is 441 g/mol. The Labute approximate surface area is 175 Å². The molecular formula is C19H22F3N5O2S. The largest absolute Gasteiger partial charge is 0.416 e. The smallest absolute Gasteiger partial charge is 0.368 e. The third-order valence-corrected chi connectivity index (χ3v) is 5.74. The normalized spacial score (nSPS) is 14.7. The highest BCUT2D eigenvalue weighted by Gasteiger charge is 2.31. The van der Waals surface area contributed by atoms with Crippen molar-refractivity contribution in [1.82, 2.24) is 15.1 Å². The Balaban J connectivity index is 1.45. The average molecular weight is 441 g/mol. The maximum Gasteiger partial charge on any atom is 0.416 e. The Kier molecular flexibility index (Phi) is 6.91. The molecule has 0 bridgehead atoms. The first-order valence-electron chi connectivity index (χ1n) is 9.58. The van der Waals surface area contributed by atoms with Gasteiger partial charge in [0.15, 0.2) is 0 Å². The fourth-order valence-corrected chi connectivity index (χ4v) is 3.80. The number of nitrogens with one attached hydrogen (secondary N) is 1. The number of hydrogen-bond acceptors (Lipinski definition) is 6. The Morgan fingerprint density at radius 1 is 1.13 bits per heavy atom. The molecule has 162 valence electrons. The van der Waals surface area contributed by atoms with Gasteiger partial charge in [0.2, 0.25) is 16.9 Å². The number of nitrogens with zero attached hydrogens (tertiary/aromatic N) is 4. The van der Waals surface area contributed by atoms with E-state index in [2.05, 4.69) is 15.5 Å². The first-order valence-corrected chi connectivity index (χ1v) is 10.4. The van der Waals surface area contributed by atoms with E-state index in [1.54, 1.807) is 11.0 Å². The summed E-state index contributed by atoms with van der Waals surface area (Å²) in [4.78, 5) is 27.9. The van der Waals surface area contributed by atoms with E-state index in [9.17, 15) is 22.8 Å². The molecule has 1 saturated heterocycles. The van der Waals surface area contributed by atoms with Crippen LogP contribution in [0.4, 0.5) is 24.0 Å². The molecule has 0 saturated carbocycles. The number of carbonyl (C=O) groups is 2. The van der Waals surface area contributed by atoms with Crippen LogP contribution in [0.1, 0.15) is 30.3 Å². The van der Waals surface area contributed by atoms with Crippen LogP contribution in [-0.2, 0) is 22.2 Å². The summed E-state index contributed by atoms with van der Waals surface area (Å²) >= 11 is 1.30. The molecule has 1 aliphatic heterocycles. The van der Waals surface area contributed by atoms with E-state index in [4.69, 9.17) is 0 Å². The molecule has 0 spiro atoms. The number of alkyl halides is 3. The van der Waals surface area contributed by atoms with Crippen molar-refractivity contribution in [2.45, 2.75) is 32.4 Å². The second-order valence-corrected chi connectivity index (χ2v) is 7.88. The highest BCUT2D eigenvalue weighted by molar-refractivity contribution is 7.15. The van der Waals surface area contributed by atoms with Gasteiger partial charge in [-0.05, 0) is 24.6 Å². The summed E-state index contributed by atoms with van der Waals surface area (Å²) in [6.07, 6.45) is -3.55. The van der Waals surface area contributed by atoms with Gasteiger partial charge in [-0.15, -0.1) is 10.2 Å². The quantitative estimate of drug-likeness (QED) is 0.745. The van der Waals surface area contributed by atoms with Crippen LogP contribution in [0, 0.1) is 0 Å². The third-order valence-electron chi connectivity index (χ3n) is 4.75. The lowest BCUT2D eigenvalue weighted by Gasteiger charge is -2.36. The predicted molar refractivity (Wildman–Crippen MR) is 107 cm³/mol. The molecule has 0 unspecified atom stereocenters. The zero-order valence-electron chi connectivity index (χ0n) is 16.4. The Morgan fingerprint density at radius 2 is 1.87 bits per heavy atom. The lowest BCUT2D eigenvalue weighted by molar-refractivity contribution is -0.137. The summed E-state index contributed by atoms with van der Waals surface area (Å²) in [5.41, 5.74) is -0.203. The summed E-state index contributed by atoms with van der Waals surface area (Å²) in [7, 11) is 0. The Bertz CT molecular complexity index is 894. The second-order valence-electron chi connectivity index (χ2n) is 6.82. The van der Waals surface area contributed by atoms with Gasteiger partial charge in [-0.2, -0.15) is 13.2 Å². The number of piperazine rings is 1. The average Bonchev–Trinajstić information content (AvgIpc) is 3.19. The molecule has 1 aromatic heterocycles. The van der Waals surface area contributed by atoms with Gasteiger partial charge in [-0.25, -0.2) is 0 Å². The van der Waals surface area contributed by atoms with Crippen molar-refractivity contribution in [1.29, 1.82) is 0 Å². The fourth-order valence-electron chi connectivity index (χ4n) is 3.10. The van der Waals surface area contributed by atoms with Crippen molar-refractivity contribution >= 4 is 34.0 Å². The maximum atomic E-state index is 12.9. The van der Waals surface area contributed by atoms with Crippen LogP contribution < -0.4 is 10.2 Å². The van der Waals surface area contributed by atoms with Crippen molar-refractivity contribution in [3.63, 3.8) is 0 Å². The van der Waals surface area contributed by atoms with Gasteiger partial charge in [0.25, 0.3) is 0 Å². The highest BCUT2D eigenvalue weighted by atomic mass is 32.1. The van der Waals surface area contributed by atoms with E-state index in [1.165, 1.54) is 17.4 Å². The minimum Gasteiger partial charge on any atom is -0.368 e. The van der Waals surface area contributed by atoms with Crippen molar-refractivity contribution in [3.05, 3.63) is 34.8 Å². The molecule has 1 N–H and O–H groups in total. The lowest BCUT2D eigenvalue weighted by atomic mass is 10.1. The van der Waals surface area contributed by atoms with Crippen molar-refractivity contribution < 1.29 is 22.8 Å². The molecular weight excluding hydrogens is 419 g/mol. The zero-order valence-corrected chi connectivity index (χ0v) is 17.2. The molecule has 1 fully saturated rings. The van der Waals surface area contributed by atoms with Crippen molar-refractivity contribution in [2.75, 3.05) is 36.4 Å². The molecule has 7 nitrogen and oxygen atoms in total. The number of carbonyl (C=O) groups excluding carboxylic acids is 2. The number of hydrogen-bond donors (Lipinski definition) is 1. The lowest BCUT2D eigenvalue weighted by Crippen LogP contribution is -2.48. The van der Waals surface area contributed by atoms with Gasteiger partial charge in [0.05, 0.1) is 5.56 Å². The van der Waals surface area contributed by atoms with Crippen molar-refractivity contribution in [3.8, 4) is 0 Å². The SMILES string of the molecule is CCc1nnc(NC(=O)CCC(=O)N2CCN(c3cccc(C(F)(F)F)c3)CC2)s1. The number of rotatable bonds is 6. The Hall–Kier alpha value is -2.69. The third kappa shape index (κ3) is 5.68. The minimum atomic E-state index is -4.39. The van der Waals surface area contributed by atoms with Gasteiger partial charge < -0.3 is 15.1 Å². The maximum absolute atomic E-state index is 12.9. The van der Waals surface area contributed by atoms with Crippen LogP contribution in [0.15, 0.2) is 24.3 Å². The van der Waals surface area contributed by atoms with E-state index in [0.29, 0.717) is 37.0 Å². The van der Waals surface area contributed by atoms with E-state index in [-0.39, 0.29) is 24.7 Å². The molecule has 0 aliphatic carbocycles. The van der Waals surface area contributed by atoms with E-state index >= 15 is 0 Å². The first-order chi connectivity index (χ1) is 14.3. The number of benzene rings is 1. The summed E-state index contributed by atoms with van der Waals surface area (Å²) in [5.74, 6) is -0.454. The number of aromatic nitrogens is 2. The van der Waals surface area contributed by atoms with Crippen LogP contribution >= 0.6 is 11.3 Å². The molecule has 2 amide bonds. The predicted octanol–water partition coefficient (Wildman–Crippen LogP) is 3.19. The molecule has 0 atom stereocenters. The van der Waals surface area contributed by atoms with E-state index in [1.807, 2.05) is 11.8 Å². The number of anilines is 2. The zero-order chi connectivity index (χ0) is 21.7. The van der Waals surface area contributed by atoms with Gasteiger partial charge in [-0.3, -0.25) is 9.59 Å². The highest BCUT2D eigenvalue weighted by Crippen LogP contribution is 2.31. The van der Waals surface area contributed by atoms with Crippen LogP contribution in [0.5, 0.6) is 0 Å². The molecule has 11 heteroatoms. The summed E-state index contributed by atoms with van der Waals surface area (Å²) in [5, 5.41) is 11.7. The van der Waals surface area contributed by atoms with Crippen LogP contribution in [-0.4, -0.2) is 53.1 Å². The van der Waals surface area contributed by atoms with Gasteiger partial charge in [-0.1, -0.05) is 24.3 Å². The number of halogens is 3. The fraction of sp³-hybridized carbons (Fsp3) is 0.474. The molecule has 1 aromatic carbocycles. The number of amides is 2. The van der Waals surface area contributed by atoms with Gasteiger partial charge in [0.1, 0.15) is 5.01 Å². The molecule has 2 heterocycles. The molecule has 0 radical (unpaired) electrons. The topological polar surface area (TPSA) is 78.4 Å². The standard InChI is InChI=1S/C19H22F3N5O2S/c1-2-16-24-25-18(30-16)23-15(28)6-7-17(29)27-10-8-26(9-11-27)14-5-3-4-13(12-14)19(20,21)22/h3-5,12H,2,6-11H2,1H3,(H,23,25,28). The van der Waals surface area contributed by atoms with Crippen LogP contribution in [0.3, 0.4) is 0 Å². The molecule has 3 rings (SSSR count). The minimum absolute atomic E-state index is 0.0354. The number of aryl methyl sites for hydroxylation is 1. The molecule has 1 aliphatic rings. The molecule has 30 heavy (non-hydrogen) atoms. The summed E-state index contributed by atoms with van der Waals surface area (Å²) in [6, 6.07) is 5.18.